The van der Waals surface area contributed by atoms with Crippen LogP contribution >= 0.6 is 0 Å². The minimum Gasteiger partial charge on any atom is -0.458 e. The molecule has 0 saturated heterocycles. The fourth-order valence-electron chi connectivity index (χ4n) is 1.74. The maximum absolute atomic E-state index is 12.3. The van der Waals surface area contributed by atoms with Crippen LogP contribution in [-0.4, -0.2) is 17.5 Å². The Labute approximate surface area is 120 Å². The third-order valence-electron chi connectivity index (χ3n) is 2.56. The SMILES string of the molecule is CCCC(=O)N[C@H](C(=O)OC(C)(C)C)c1ccccc1. The van der Waals surface area contributed by atoms with Gasteiger partial charge in [-0.3, -0.25) is 4.79 Å². The topological polar surface area (TPSA) is 55.4 Å². The summed E-state index contributed by atoms with van der Waals surface area (Å²) in [6.45, 7) is 7.34. The molecule has 4 nitrogen and oxygen atoms in total. The summed E-state index contributed by atoms with van der Waals surface area (Å²) in [5, 5.41) is 2.74. The van der Waals surface area contributed by atoms with Gasteiger partial charge in [-0.1, -0.05) is 37.3 Å². The average Bonchev–Trinajstić information content (AvgIpc) is 2.35. The Morgan fingerprint density at radius 2 is 1.80 bits per heavy atom. The van der Waals surface area contributed by atoms with Crippen molar-refractivity contribution < 1.29 is 14.3 Å². The van der Waals surface area contributed by atoms with Crippen LogP contribution in [0.3, 0.4) is 0 Å². The Hall–Kier alpha value is -1.84. The highest BCUT2D eigenvalue weighted by Gasteiger charge is 2.27. The monoisotopic (exact) mass is 277 g/mol. The predicted octanol–water partition coefficient (Wildman–Crippen LogP) is 2.99. The third-order valence-corrected chi connectivity index (χ3v) is 2.56. The predicted molar refractivity (Wildman–Crippen MR) is 78.1 cm³/mol. The van der Waals surface area contributed by atoms with E-state index in [0.29, 0.717) is 6.42 Å². The Bertz CT molecular complexity index is 449. The van der Waals surface area contributed by atoms with Crippen molar-refractivity contribution in [3.63, 3.8) is 0 Å². The standard InChI is InChI=1S/C16H23NO3/c1-5-9-13(18)17-14(12-10-7-6-8-11-12)15(19)20-16(2,3)4/h6-8,10-11,14H,5,9H2,1-4H3,(H,17,18)/t14-/m0/s1. The van der Waals surface area contributed by atoms with Crippen molar-refractivity contribution >= 4 is 11.9 Å². The first kappa shape index (κ1) is 16.2. The van der Waals surface area contributed by atoms with Crippen LogP contribution in [0.5, 0.6) is 0 Å². The highest BCUT2D eigenvalue weighted by molar-refractivity contribution is 5.85. The molecule has 1 atom stereocenters. The molecule has 0 aromatic heterocycles. The maximum atomic E-state index is 12.3. The van der Waals surface area contributed by atoms with E-state index in [9.17, 15) is 9.59 Å². The average molecular weight is 277 g/mol. The summed E-state index contributed by atoms with van der Waals surface area (Å²) in [5.41, 5.74) is 0.144. The summed E-state index contributed by atoms with van der Waals surface area (Å²) in [5.74, 6) is -0.583. The zero-order chi connectivity index (χ0) is 15.2. The molecule has 0 radical (unpaired) electrons. The number of ether oxygens (including phenoxy) is 1. The maximum Gasteiger partial charge on any atom is 0.333 e. The Morgan fingerprint density at radius 3 is 2.30 bits per heavy atom. The van der Waals surface area contributed by atoms with E-state index in [2.05, 4.69) is 5.32 Å². The molecule has 0 unspecified atom stereocenters. The molecule has 1 aromatic rings. The fraction of sp³-hybridized carbons (Fsp3) is 0.500. The van der Waals surface area contributed by atoms with Crippen molar-refractivity contribution in [1.29, 1.82) is 0 Å². The van der Waals surface area contributed by atoms with Crippen molar-refractivity contribution in [3.05, 3.63) is 35.9 Å². The molecular formula is C16H23NO3. The van der Waals surface area contributed by atoms with Crippen LogP contribution in [-0.2, 0) is 14.3 Å². The van der Waals surface area contributed by atoms with E-state index in [4.69, 9.17) is 4.74 Å². The quantitative estimate of drug-likeness (QED) is 0.842. The van der Waals surface area contributed by atoms with Crippen LogP contribution < -0.4 is 5.32 Å². The largest absolute Gasteiger partial charge is 0.458 e. The normalized spacial score (nSPS) is 12.6. The van der Waals surface area contributed by atoms with E-state index in [-0.39, 0.29) is 5.91 Å². The molecule has 110 valence electrons. The van der Waals surface area contributed by atoms with E-state index in [1.54, 1.807) is 32.9 Å². The van der Waals surface area contributed by atoms with Gasteiger partial charge >= 0.3 is 5.97 Å². The molecule has 0 spiro atoms. The molecule has 0 aliphatic carbocycles. The van der Waals surface area contributed by atoms with Gasteiger partial charge in [0.1, 0.15) is 5.60 Å². The van der Waals surface area contributed by atoms with E-state index >= 15 is 0 Å². The van der Waals surface area contributed by atoms with Crippen LogP contribution in [0.4, 0.5) is 0 Å². The summed E-state index contributed by atoms with van der Waals surface area (Å²) < 4.78 is 5.38. The van der Waals surface area contributed by atoms with Gasteiger partial charge in [-0.25, -0.2) is 4.79 Å². The smallest absolute Gasteiger partial charge is 0.333 e. The van der Waals surface area contributed by atoms with E-state index in [0.717, 1.165) is 12.0 Å². The van der Waals surface area contributed by atoms with E-state index < -0.39 is 17.6 Å². The van der Waals surface area contributed by atoms with Crippen molar-refractivity contribution in [3.8, 4) is 0 Å². The molecule has 0 heterocycles. The molecule has 0 aliphatic rings. The zero-order valence-electron chi connectivity index (χ0n) is 12.6. The summed E-state index contributed by atoms with van der Waals surface area (Å²) in [6.07, 6.45) is 1.13. The molecule has 0 aliphatic heterocycles. The highest BCUT2D eigenvalue weighted by Crippen LogP contribution is 2.18. The third kappa shape index (κ3) is 5.43. The number of hydrogen-bond acceptors (Lipinski definition) is 3. The molecule has 1 aromatic carbocycles. The van der Waals surface area contributed by atoms with Gasteiger partial charge in [0.2, 0.25) is 5.91 Å². The molecule has 1 amide bonds. The number of nitrogens with one attached hydrogen (secondary N) is 1. The molecule has 1 N–H and O–H groups in total. The van der Waals surface area contributed by atoms with Gasteiger partial charge in [-0.2, -0.15) is 0 Å². The van der Waals surface area contributed by atoms with Gasteiger partial charge in [-0.05, 0) is 32.8 Å². The molecule has 0 bridgehead atoms. The minimum absolute atomic E-state index is 0.146. The minimum atomic E-state index is -0.755. The molecule has 20 heavy (non-hydrogen) atoms. The first-order valence-electron chi connectivity index (χ1n) is 6.90. The van der Waals surface area contributed by atoms with Gasteiger partial charge < -0.3 is 10.1 Å². The Morgan fingerprint density at radius 1 is 1.20 bits per heavy atom. The number of amides is 1. The number of carbonyl (C=O) groups is 2. The number of rotatable bonds is 5. The zero-order valence-corrected chi connectivity index (χ0v) is 12.6. The molecule has 1 rings (SSSR count). The first-order chi connectivity index (χ1) is 9.33. The second kappa shape index (κ2) is 7.08. The Kier molecular flexibility index (Phi) is 5.74. The number of carbonyl (C=O) groups excluding carboxylic acids is 2. The number of esters is 1. The van der Waals surface area contributed by atoms with Gasteiger partial charge in [0.15, 0.2) is 6.04 Å². The van der Waals surface area contributed by atoms with Crippen molar-refractivity contribution in [2.45, 2.75) is 52.2 Å². The summed E-state index contributed by atoms with van der Waals surface area (Å²) >= 11 is 0. The lowest BCUT2D eigenvalue weighted by Gasteiger charge is -2.24. The summed E-state index contributed by atoms with van der Waals surface area (Å²) in [4.78, 5) is 24.0. The van der Waals surface area contributed by atoms with Crippen LogP contribution in [0.1, 0.15) is 52.1 Å². The van der Waals surface area contributed by atoms with Crippen molar-refractivity contribution in [2.24, 2.45) is 0 Å². The summed E-state index contributed by atoms with van der Waals surface area (Å²) in [7, 11) is 0. The second-order valence-corrected chi connectivity index (χ2v) is 5.69. The van der Waals surface area contributed by atoms with E-state index in [1.807, 2.05) is 25.1 Å². The lowest BCUT2D eigenvalue weighted by Crippen LogP contribution is -2.37. The van der Waals surface area contributed by atoms with Gasteiger partial charge in [-0.15, -0.1) is 0 Å². The van der Waals surface area contributed by atoms with Crippen LogP contribution in [0, 0.1) is 0 Å². The number of benzene rings is 1. The second-order valence-electron chi connectivity index (χ2n) is 5.69. The van der Waals surface area contributed by atoms with Gasteiger partial charge in [0, 0.05) is 6.42 Å². The van der Waals surface area contributed by atoms with Crippen LogP contribution in [0.15, 0.2) is 30.3 Å². The van der Waals surface area contributed by atoms with Crippen LogP contribution in [0.2, 0.25) is 0 Å². The van der Waals surface area contributed by atoms with Crippen molar-refractivity contribution in [2.75, 3.05) is 0 Å². The molecule has 0 saturated carbocycles. The lowest BCUT2D eigenvalue weighted by molar-refractivity contribution is -0.158. The lowest BCUT2D eigenvalue weighted by atomic mass is 10.1. The van der Waals surface area contributed by atoms with Gasteiger partial charge in [0.25, 0.3) is 0 Å². The highest BCUT2D eigenvalue weighted by atomic mass is 16.6. The number of hydrogen-bond donors (Lipinski definition) is 1. The molecular weight excluding hydrogens is 254 g/mol. The summed E-state index contributed by atoms with van der Waals surface area (Å²) in [6, 6.07) is 8.39. The van der Waals surface area contributed by atoms with Crippen molar-refractivity contribution in [1.82, 2.24) is 5.32 Å². The first-order valence-corrected chi connectivity index (χ1v) is 6.90. The van der Waals surface area contributed by atoms with Crippen LogP contribution in [0.25, 0.3) is 0 Å². The molecule has 4 heteroatoms. The fourth-order valence-corrected chi connectivity index (χ4v) is 1.74. The Balaban J connectivity index is 2.90. The van der Waals surface area contributed by atoms with Gasteiger partial charge in [0.05, 0.1) is 0 Å². The molecule has 0 fully saturated rings. The van der Waals surface area contributed by atoms with E-state index in [1.165, 1.54) is 0 Å².